The Kier molecular flexibility index (Phi) is 3.87. The summed E-state index contributed by atoms with van der Waals surface area (Å²) in [6.45, 7) is 2.20. The van der Waals surface area contributed by atoms with Gasteiger partial charge in [-0.15, -0.1) is 0 Å². The fourth-order valence-corrected chi connectivity index (χ4v) is 3.39. The molecule has 2 aliphatic rings. The predicted molar refractivity (Wildman–Crippen MR) is 71.2 cm³/mol. The van der Waals surface area contributed by atoms with E-state index < -0.39 is 5.41 Å². The Morgan fingerprint density at radius 3 is 2.83 bits per heavy atom. The highest BCUT2D eigenvalue weighted by Crippen LogP contribution is 2.47. The van der Waals surface area contributed by atoms with Crippen LogP contribution in [0.5, 0.6) is 0 Å². The van der Waals surface area contributed by atoms with E-state index >= 15 is 0 Å². The van der Waals surface area contributed by atoms with Gasteiger partial charge in [-0.3, -0.25) is 0 Å². The van der Waals surface area contributed by atoms with E-state index in [0.717, 1.165) is 31.3 Å². The molecular formula is C16H20N2. The molecule has 0 amide bonds. The number of rotatable bonds is 2. The van der Waals surface area contributed by atoms with Gasteiger partial charge in [-0.25, -0.2) is 0 Å². The number of nitriles is 2. The third-order valence-electron chi connectivity index (χ3n) is 4.30. The van der Waals surface area contributed by atoms with Gasteiger partial charge in [0, 0.05) is 6.42 Å². The van der Waals surface area contributed by atoms with Crippen LogP contribution in [0.4, 0.5) is 0 Å². The molecule has 0 spiro atoms. The molecule has 0 aromatic rings. The minimum Gasteiger partial charge on any atom is -0.196 e. The van der Waals surface area contributed by atoms with E-state index in [0.29, 0.717) is 18.3 Å². The van der Waals surface area contributed by atoms with Gasteiger partial charge >= 0.3 is 0 Å². The first kappa shape index (κ1) is 12.9. The van der Waals surface area contributed by atoms with Crippen LogP contribution in [0.1, 0.15) is 45.4 Å². The second kappa shape index (κ2) is 5.40. The van der Waals surface area contributed by atoms with E-state index in [1.165, 1.54) is 6.42 Å². The molecule has 0 aromatic heterocycles. The Morgan fingerprint density at radius 2 is 2.17 bits per heavy atom. The van der Waals surface area contributed by atoms with Crippen molar-refractivity contribution in [1.29, 1.82) is 10.5 Å². The molecule has 0 N–H and O–H groups in total. The lowest BCUT2D eigenvalue weighted by atomic mass is 9.67. The first-order chi connectivity index (χ1) is 8.77. The molecule has 2 nitrogen and oxygen atoms in total. The third-order valence-corrected chi connectivity index (χ3v) is 4.30. The summed E-state index contributed by atoms with van der Waals surface area (Å²) >= 11 is 0. The second-order valence-electron chi connectivity index (χ2n) is 5.41. The molecule has 2 aliphatic carbocycles. The Bertz CT molecular complexity index is 431. The molecule has 0 fully saturated rings. The van der Waals surface area contributed by atoms with Crippen LogP contribution in [-0.2, 0) is 0 Å². The molecule has 94 valence electrons. The predicted octanol–water partition coefficient (Wildman–Crippen LogP) is 4.12. The lowest BCUT2D eigenvalue weighted by Gasteiger charge is -2.33. The summed E-state index contributed by atoms with van der Waals surface area (Å²) in [6.07, 6.45) is 12.7. The maximum absolute atomic E-state index is 9.47. The number of nitrogens with zero attached hydrogens (tertiary/aromatic N) is 2. The van der Waals surface area contributed by atoms with Gasteiger partial charge in [-0.05, 0) is 43.1 Å². The summed E-state index contributed by atoms with van der Waals surface area (Å²) in [5, 5.41) is 18.9. The lowest BCUT2D eigenvalue weighted by Crippen LogP contribution is -2.28. The van der Waals surface area contributed by atoms with Crippen LogP contribution in [0.25, 0.3) is 0 Å². The molecule has 0 radical (unpaired) electrons. The average Bonchev–Trinajstić information content (AvgIpc) is 2.58. The summed E-state index contributed by atoms with van der Waals surface area (Å²) in [5.74, 6) is 0.932. The smallest absolute Gasteiger partial charge is 0.168 e. The number of allylic oxidation sites excluding steroid dienone is 4. The number of hydrogen-bond acceptors (Lipinski definition) is 2. The zero-order valence-corrected chi connectivity index (χ0v) is 11.0. The minimum atomic E-state index is -0.899. The molecule has 0 bridgehead atoms. The number of hydrogen-bond donors (Lipinski definition) is 0. The Balaban J connectivity index is 2.42. The summed E-state index contributed by atoms with van der Waals surface area (Å²) in [6, 6.07) is 4.58. The van der Waals surface area contributed by atoms with Gasteiger partial charge in [0.1, 0.15) is 0 Å². The standard InChI is InChI=1S/C16H20N2/c1-2-6-13-7-5-10-16(11-17,12-18)15-9-4-3-8-14(13)15/h5,7,9,13-14H,2-4,6,8,10H2,1H3/t13-,14?/m1/s1. The Labute approximate surface area is 110 Å². The monoisotopic (exact) mass is 240 g/mol. The minimum absolute atomic E-state index is 0.414. The first-order valence-electron chi connectivity index (χ1n) is 6.97. The van der Waals surface area contributed by atoms with Crippen molar-refractivity contribution in [3.8, 4) is 12.1 Å². The van der Waals surface area contributed by atoms with Crippen molar-refractivity contribution in [3.05, 3.63) is 23.8 Å². The first-order valence-corrected chi connectivity index (χ1v) is 6.97. The van der Waals surface area contributed by atoms with Crippen LogP contribution in [-0.4, -0.2) is 0 Å². The molecule has 2 atom stereocenters. The molecule has 0 aromatic carbocycles. The van der Waals surface area contributed by atoms with Crippen molar-refractivity contribution in [1.82, 2.24) is 0 Å². The van der Waals surface area contributed by atoms with Crippen LogP contribution in [0.15, 0.2) is 23.8 Å². The van der Waals surface area contributed by atoms with Gasteiger partial charge in [0.05, 0.1) is 12.1 Å². The molecule has 2 heteroatoms. The van der Waals surface area contributed by atoms with Crippen molar-refractivity contribution >= 4 is 0 Å². The van der Waals surface area contributed by atoms with Crippen LogP contribution in [0.3, 0.4) is 0 Å². The number of fused-ring (bicyclic) bond motifs is 1. The maximum atomic E-state index is 9.47. The Morgan fingerprint density at radius 1 is 1.39 bits per heavy atom. The fraction of sp³-hybridized carbons (Fsp3) is 0.625. The Hall–Kier alpha value is -1.54. The van der Waals surface area contributed by atoms with Crippen molar-refractivity contribution in [2.75, 3.05) is 0 Å². The van der Waals surface area contributed by atoms with E-state index in [1.54, 1.807) is 0 Å². The van der Waals surface area contributed by atoms with Crippen molar-refractivity contribution in [2.24, 2.45) is 17.3 Å². The fourth-order valence-electron chi connectivity index (χ4n) is 3.39. The highest BCUT2D eigenvalue weighted by Gasteiger charge is 2.42. The molecule has 0 heterocycles. The van der Waals surface area contributed by atoms with Gasteiger partial charge in [-0.1, -0.05) is 31.6 Å². The zero-order valence-electron chi connectivity index (χ0n) is 11.0. The van der Waals surface area contributed by atoms with E-state index in [9.17, 15) is 10.5 Å². The normalized spacial score (nSPS) is 29.4. The van der Waals surface area contributed by atoms with Crippen molar-refractivity contribution in [2.45, 2.75) is 45.4 Å². The summed E-state index contributed by atoms with van der Waals surface area (Å²) in [7, 11) is 0. The molecule has 18 heavy (non-hydrogen) atoms. The van der Waals surface area contributed by atoms with Crippen LogP contribution in [0, 0.1) is 39.9 Å². The van der Waals surface area contributed by atoms with E-state index in [1.807, 2.05) is 0 Å². The maximum Gasteiger partial charge on any atom is 0.168 e. The summed E-state index contributed by atoms with van der Waals surface area (Å²) < 4.78 is 0. The SMILES string of the molecule is CCC[C@@H]1C=CCC(C#N)(C#N)C2=CCCCC21. The third kappa shape index (κ3) is 2.08. The van der Waals surface area contributed by atoms with Gasteiger partial charge in [-0.2, -0.15) is 10.5 Å². The summed E-state index contributed by atoms with van der Waals surface area (Å²) in [4.78, 5) is 0. The van der Waals surface area contributed by atoms with Crippen LogP contribution in [0.2, 0.25) is 0 Å². The topological polar surface area (TPSA) is 47.6 Å². The zero-order chi connectivity index (χ0) is 13.0. The highest BCUT2D eigenvalue weighted by atomic mass is 14.5. The molecule has 1 unspecified atom stereocenters. The van der Waals surface area contributed by atoms with Crippen molar-refractivity contribution < 1.29 is 0 Å². The van der Waals surface area contributed by atoms with E-state index in [2.05, 4.69) is 37.3 Å². The average molecular weight is 240 g/mol. The van der Waals surface area contributed by atoms with Gasteiger partial charge < -0.3 is 0 Å². The van der Waals surface area contributed by atoms with Crippen molar-refractivity contribution in [3.63, 3.8) is 0 Å². The lowest BCUT2D eigenvalue weighted by molar-refractivity contribution is 0.347. The van der Waals surface area contributed by atoms with E-state index in [-0.39, 0.29) is 0 Å². The highest BCUT2D eigenvalue weighted by molar-refractivity contribution is 5.39. The van der Waals surface area contributed by atoms with Crippen LogP contribution < -0.4 is 0 Å². The molecule has 2 rings (SSSR count). The largest absolute Gasteiger partial charge is 0.196 e. The molecular weight excluding hydrogens is 220 g/mol. The molecule has 0 aliphatic heterocycles. The van der Waals surface area contributed by atoms with Crippen LogP contribution >= 0.6 is 0 Å². The van der Waals surface area contributed by atoms with Gasteiger partial charge in [0.25, 0.3) is 0 Å². The quantitative estimate of drug-likeness (QED) is 0.681. The van der Waals surface area contributed by atoms with Gasteiger partial charge in [0.15, 0.2) is 5.41 Å². The summed E-state index contributed by atoms with van der Waals surface area (Å²) in [5.41, 5.74) is 0.214. The molecule has 0 saturated heterocycles. The molecule has 0 saturated carbocycles. The second-order valence-corrected chi connectivity index (χ2v) is 5.41. The van der Waals surface area contributed by atoms with Gasteiger partial charge in [0.2, 0.25) is 0 Å². The van der Waals surface area contributed by atoms with E-state index in [4.69, 9.17) is 0 Å².